The number of hydrogen-bond acceptors (Lipinski definition) is 3. The lowest BCUT2D eigenvalue weighted by molar-refractivity contribution is -0.0767. The summed E-state index contributed by atoms with van der Waals surface area (Å²) in [7, 11) is 0. The summed E-state index contributed by atoms with van der Waals surface area (Å²) in [6, 6.07) is 3.90. The van der Waals surface area contributed by atoms with E-state index >= 15 is 0 Å². The third kappa shape index (κ3) is 2.47. The molecule has 0 bridgehead atoms. The van der Waals surface area contributed by atoms with E-state index in [1.165, 1.54) is 12.8 Å². The highest BCUT2D eigenvalue weighted by Gasteiger charge is 2.29. The van der Waals surface area contributed by atoms with Crippen molar-refractivity contribution in [3.8, 4) is 0 Å². The van der Waals surface area contributed by atoms with Crippen LogP contribution in [0.15, 0.2) is 22.8 Å². The molecule has 0 aromatic carbocycles. The number of hydrogen-bond donors (Lipinski definition) is 1. The van der Waals surface area contributed by atoms with E-state index in [-0.39, 0.29) is 6.10 Å². The second-order valence-corrected chi connectivity index (χ2v) is 4.41. The Kier molecular flexibility index (Phi) is 4.02. The highest BCUT2D eigenvalue weighted by Crippen LogP contribution is 2.27. The van der Waals surface area contributed by atoms with Crippen LogP contribution in [0.5, 0.6) is 0 Å². The Morgan fingerprint density at radius 1 is 1.38 bits per heavy atom. The zero-order valence-corrected chi connectivity index (χ0v) is 10.1. The predicted molar refractivity (Wildman–Crippen MR) is 63.3 cm³/mol. The molecule has 1 N–H and O–H groups in total. The minimum absolute atomic E-state index is 0.0781. The molecule has 0 amide bonds. The van der Waals surface area contributed by atoms with E-state index in [1.807, 2.05) is 12.1 Å². The first-order valence-corrected chi connectivity index (χ1v) is 6.24. The van der Waals surface area contributed by atoms with Gasteiger partial charge in [-0.25, -0.2) is 0 Å². The molecule has 2 atom stereocenters. The number of furan rings is 1. The van der Waals surface area contributed by atoms with E-state index in [1.54, 1.807) is 6.26 Å². The molecule has 2 rings (SSSR count). The number of ether oxygens (including phenoxy) is 1. The molecule has 2 unspecified atom stereocenters. The smallest absolute Gasteiger partial charge is 0.133 e. The normalized spacial score (nSPS) is 26.2. The van der Waals surface area contributed by atoms with Crippen molar-refractivity contribution >= 4 is 0 Å². The molecule has 3 nitrogen and oxygen atoms in total. The number of rotatable bonds is 4. The third-order valence-electron chi connectivity index (χ3n) is 3.45. The lowest BCUT2D eigenvalue weighted by atomic mass is 9.95. The van der Waals surface area contributed by atoms with Crippen LogP contribution in [-0.4, -0.2) is 19.2 Å². The molecule has 3 heteroatoms. The topological polar surface area (TPSA) is 34.4 Å². The van der Waals surface area contributed by atoms with Gasteiger partial charge >= 0.3 is 0 Å². The quantitative estimate of drug-likeness (QED) is 0.852. The van der Waals surface area contributed by atoms with Crippen molar-refractivity contribution in [2.24, 2.45) is 5.92 Å². The summed E-state index contributed by atoms with van der Waals surface area (Å²) in [5.41, 5.74) is 0. The fourth-order valence-corrected chi connectivity index (χ4v) is 2.40. The maximum Gasteiger partial charge on any atom is 0.133 e. The number of morpholine rings is 1. The first kappa shape index (κ1) is 11.7. The Hall–Kier alpha value is -0.800. The van der Waals surface area contributed by atoms with Crippen molar-refractivity contribution in [3.63, 3.8) is 0 Å². The summed E-state index contributed by atoms with van der Waals surface area (Å²) in [4.78, 5) is 0. The van der Waals surface area contributed by atoms with Crippen molar-refractivity contribution < 1.29 is 9.15 Å². The van der Waals surface area contributed by atoms with E-state index in [9.17, 15) is 0 Å². The standard InChI is InChI=1S/C13H21NO2/c1-3-10(4-2)12-8-14-9-13(16-12)11-6-5-7-15-11/h5-7,10,12-14H,3-4,8-9H2,1-2H3. The summed E-state index contributed by atoms with van der Waals surface area (Å²) in [5, 5.41) is 3.44. The van der Waals surface area contributed by atoms with Crippen LogP contribution >= 0.6 is 0 Å². The maximum atomic E-state index is 6.12. The Bertz CT molecular complexity index is 293. The van der Waals surface area contributed by atoms with Gasteiger partial charge in [0, 0.05) is 13.1 Å². The molecule has 1 aromatic rings. The molecule has 90 valence electrons. The molecule has 0 radical (unpaired) electrons. The monoisotopic (exact) mass is 223 g/mol. The summed E-state index contributed by atoms with van der Waals surface area (Å²) in [6.07, 6.45) is 4.45. The van der Waals surface area contributed by atoms with E-state index < -0.39 is 0 Å². The molecule has 1 aliphatic rings. The molecular formula is C13H21NO2. The minimum atomic E-state index is 0.0781. The Morgan fingerprint density at radius 2 is 2.19 bits per heavy atom. The zero-order chi connectivity index (χ0) is 11.4. The zero-order valence-electron chi connectivity index (χ0n) is 10.1. The molecule has 1 aliphatic heterocycles. The molecule has 1 aromatic heterocycles. The molecule has 16 heavy (non-hydrogen) atoms. The fraction of sp³-hybridized carbons (Fsp3) is 0.692. The lowest BCUT2D eigenvalue weighted by Crippen LogP contribution is -2.44. The van der Waals surface area contributed by atoms with Gasteiger partial charge in [0.05, 0.1) is 12.4 Å². The summed E-state index contributed by atoms with van der Waals surface area (Å²) in [6.45, 7) is 6.27. The number of nitrogens with one attached hydrogen (secondary N) is 1. The third-order valence-corrected chi connectivity index (χ3v) is 3.45. The molecule has 2 heterocycles. The fourth-order valence-electron chi connectivity index (χ4n) is 2.40. The maximum absolute atomic E-state index is 6.12. The second kappa shape index (κ2) is 5.51. The summed E-state index contributed by atoms with van der Waals surface area (Å²) >= 11 is 0. The lowest BCUT2D eigenvalue weighted by Gasteiger charge is -2.34. The summed E-state index contributed by atoms with van der Waals surface area (Å²) < 4.78 is 11.5. The first-order valence-electron chi connectivity index (χ1n) is 6.24. The van der Waals surface area contributed by atoms with Crippen LogP contribution in [0.3, 0.4) is 0 Å². The van der Waals surface area contributed by atoms with Crippen LogP contribution in [0.4, 0.5) is 0 Å². The van der Waals surface area contributed by atoms with Gasteiger partial charge in [0.1, 0.15) is 11.9 Å². The van der Waals surface area contributed by atoms with Gasteiger partial charge in [-0.15, -0.1) is 0 Å². The van der Waals surface area contributed by atoms with E-state index in [4.69, 9.17) is 9.15 Å². The first-order chi connectivity index (χ1) is 7.85. The van der Waals surface area contributed by atoms with E-state index in [0.29, 0.717) is 12.0 Å². The largest absolute Gasteiger partial charge is 0.467 e. The van der Waals surface area contributed by atoms with Gasteiger partial charge in [0.25, 0.3) is 0 Å². The van der Waals surface area contributed by atoms with Gasteiger partial charge in [0.15, 0.2) is 0 Å². The molecule has 0 spiro atoms. The van der Waals surface area contributed by atoms with Crippen LogP contribution < -0.4 is 5.32 Å². The highest BCUT2D eigenvalue weighted by atomic mass is 16.5. The molecular weight excluding hydrogens is 202 g/mol. The average Bonchev–Trinajstić information content (AvgIpc) is 2.85. The Labute approximate surface area is 97.2 Å². The van der Waals surface area contributed by atoms with Crippen molar-refractivity contribution in [1.82, 2.24) is 5.32 Å². The van der Waals surface area contributed by atoms with Crippen LogP contribution in [0, 0.1) is 5.92 Å². The van der Waals surface area contributed by atoms with Gasteiger partial charge in [-0.05, 0) is 18.1 Å². The Morgan fingerprint density at radius 3 is 2.81 bits per heavy atom. The van der Waals surface area contributed by atoms with Crippen LogP contribution in [0.2, 0.25) is 0 Å². The second-order valence-electron chi connectivity index (χ2n) is 4.41. The van der Waals surface area contributed by atoms with Crippen molar-refractivity contribution in [3.05, 3.63) is 24.2 Å². The molecule has 0 aliphatic carbocycles. The molecule has 0 saturated carbocycles. The van der Waals surface area contributed by atoms with Gasteiger partial charge in [-0.3, -0.25) is 0 Å². The highest BCUT2D eigenvalue weighted by molar-refractivity contribution is 5.04. The SMILES string of the molecule is CCC(CC)C1CNCC(c2ccco2)O1. The molecule has 1 saturated heterocycles. The van der Waals surface area contributed by atoms with Crippen LogP contribution in [-0.2, 0) is 4.74 Å². The van der Waals surface area contributed by atoms with E-state index in [0.717, 1.165) is 18.8 Å². The van der Waals surface area contributed by atoms with Crippen LogP contribution in [0.25, 0.3) is 0 Å². The van der Waals surface area contributed by atoms with Crippen molar-refractivity contribution in [2.45, 2.75) is 38.9 Å². The minimum Gasteiger partial charge on any atom is -0.467 e. The Balaban J connectivity index is 1.98. The van der Waals surface area contributed by atoms with Gasteiger partial charge in [0.2, 0.25) is 0 Å². The average molecular weight is 223 g/mol. The van der Waals surface area contributed by atoms with E-state index in [2.05, 4.69) is 19.2 Å². The van der Waals surface area contributed by atoms with Crippen molar-refractivity contribution in [2.75, 3.05) is 13.1 Å². The van der Waals surface area contributed by atoms with Gasteiger partial charge in [-0.2, -0.15) is 0 Å². The predicted octanol–water partition coefficient (Wildman–Crippen LogP) is 2.75. The van der Waals surface area contributed by atoms with Crippen molar-refractivity contribution in [1.29, 1.82) is 0 Å². The van der Waals surface area contributed by atoms with Gasteiger partial charge in [-0.1, -0.05) is 26.7 Å². The van der Waals surface area contributed by atoms with Gasteiger partial charge < -0.3 is 14.5 Å². The molecule has 1 fully saturated rings. The van der Waals surface area contributed by atoms with Crippen LogP contribution in [0.1, 0.15) is 38.6 Å². The summed E-state index contributed by atoms with van der Waals surface area (Å²) in [5.74, 6) is 1.58.